The van der Waals surface area contributed by atoms with Crippen molar-refractivity contribution in [2.45, 2.75) is 119 Å². The Morgan fingerprint density at radius 3 is 0.702 bits per heavy atom. The van der Waals surface area contributed by atoms with Gasteiger partial charge in [-0.05, 0) is 77.5 Å². The van der Waals surface area contributed by atoms with Gasteiger partial charge in [0.15, 0.2) is 24.9 Å². The zero-order chi connectivity index (χ0) is 93.0. The molecule has 0 unspecified atom stereocenters. The molecular weight excluding hydrogens is 1810 g/mol. The van der Waals surface area contributed by atoms with Gasteiger partial charge in [0.1, 0.15) is 0 Å². The molecule has 124 heavy (non-hydrogen) atoms. The van der Waals surface area contributed by atoms with Crippen molar-refractivity contribution in [2.24, 2.45) is 0 Å². The first-order valence-electron chi connectivity index (χ1n) is 33.6. The SMILES string of the molecule is FC(F)(F)C(F)(F)C(F)(F)C(F)(F)C(F)(F)C(F)(F)C(F)(F)C(F)(F)C(F)(F)C(F)(F)COc1nc(-c2ccc(-c3cc4ccccc4c4ccccc34)cc2)nc(N2CCN(c3nc(OCC(F)(F)C(F)(F)C(F)(F)C(F)(F)C(F)(F)C(F)(F)C(F)(F)C(F)(F)C(F)(F)C(F)(F)F)nc(-c4ccc(-c5cc6ccccc6c6ccccc56)cc4)n3)CC2)n1. The van der Waals surface area contributed by atoms with Crippen LogP contribution >= 0.6 is 0 Å². The second-order valence-electron chi connectivity index (χ2n) is 27.2. The number of nitrogens with zero attached hydrogens (tertiary/aromatic N) is 8. The number of aromatic nitrogens is 6. The monoisotopic (exact) mass is 1840 g/mol. The van der Waals surface area contributed by atoms with Crippen LogP contribution in [0.2, 0.25) is 0 Å². The Balaban J connectivity index is 0.942. The predicted molar refractivity (Wildman–Crippen MR) is 348 cm³/mol. The van der Waals surface area contributed by atoms with Crippen molar-refractivity contribution in [3.8, 4) is 57.1 Å². The summed E-state index contributed by atoms with van der Waals surface area (Å²) in [6.45, 7) is -11.0. The molecule has 1 aliphatic heterocycles. The summed E-state index contributed by atoms with van der Waals surface area (Å²) >= 11 is 0. The molecule has 0 radical (unpaired) electrons. The predicted octanol–water partition coefficient (Wildman–Crippen LogP) is 24.0. The minimum atomic E-state index is -9.53. The van der Waals surface area contributed by atoms with Crippen molar-refractivity contribution in [1.82, 2.24) is 29.9 Å². The summed E-state index contributed by atoms with van der Waals surface area (Å²) in [4.78, 5) is 23.7. The van der Waals surface area contributed by atoms with Crippen LogP contribution in [0.4, 0.5) is 196 Å². The maximum atomic E-state index is 15.6. The average molecular weight is 1850 g/mol. The van der Waals surface area contributed by atoms with Gasteiger partial charge < -0.3 is 19.3 Å². The quantitative estimate of drug-likeness (QED) is 0.0348. The van der Waals surface area contributed by atoms with E-state index in [1.165, 1.54) is 24.3 Å². The lowest BCUT2D eigenvalue weighted by atomic mass is 9.86. The standard InChI is InChI=1S/C72H38F42N8O2/c73-53(74,55(77,78)57(81,82)59(85,86)61(89,90)63(93,94)65(97,98)67(101,102)69(105,106)71(109,110)111)31-123-51-117-47(35-21-17-33(18-22-35)45-29-37-9-1-3-11-39(37)41-13-5-7-15-43(41)45)115-49(119-51)121-25-27-122(28-26-121)50-116-48(36-23-19-34(20-24-36)46-30-38-10-2-4-12-40(38)42-14-6-8-16-44(42)46)118-52(120-50)124-32-54(75,76)56(79,80)58(83,84)60(87,88)62(91,92)64(95,96)66(99,100)68(103,104)70(107,108)72(112,113)114/h1-24,29-30H,25-28,31-32H2. The Hall–Kier alpha value is -10.9. The van der Waals surface area contributed by atoms with Gasteiger partial charge in [-0.25, -0.2) is 0 Å². The molecule has 1 aliphatic rings. The molecule has 11 rings (SSSR count). The van der Waals surface area contributed by atoms with Gasteiger partial charge in [-0.2, -0.15) is 214 Å². The Morgan fingerprint density at radius 2 is 0.444 bits per heavy atom. The highest BCUT2D eigenvalue weighted by Gasteiger charge is 3.00. The molecule has 1 fully saturated rings. The van der Waals surface area contributed by atoms with Gasteiger partial charge in [0.25, 0.3) is 0 Å². The molecule has 52 heteroatoms. The fourth-order valence-corrected chi connectivity index (χ4v) is 12.3. The van der Waals surface area contributed by atoms with Crippen molar-refractivity contribution >= 4 is 55.0 Å². The Labute approximate surface area is 660 Å². The smallest absolute Gasteiger partial charge is 0.457 e. The molecule has 10 nitrogen and oxygen atoms in total. The van der Waals surface area contributed by atoms with Gasteiger partial charge in [0, 0.05) is 37.3 Å². The number of benzene rings is 8. The molecule has 0 atom stereocenters. The number of fused-ring (bicyclic) bond motifs is 6. The lowest BCUT2D eigenvalue weighted by molar-refractivity contribution is -0.474. The number of alkyl halides is 42. The third-order valence-electron chi connectivity index (χ3n) is 19.4. The van der Waals surface area contributed by atoms with Gasteiger partial charge in [0.05, 0.1) is 0 Å². The van der Waals surface area contributed by atoms with Crippen molar-refractivity contribution in [3.05, 3.63) is 158 Å². The van der Waals surface area contributed by atoms with E-state index in [1.807, 2.05) is 0 Å². The summed E-state index contributed by atoms with van der Waals surface area (Å²) in [5, 5.41) is 5.07. The van der Waals surface area contributed by atoms with Gasteiger partial charge in [-0.1, -0.05) is 146 Å². The van der Waals surface area contributed by atoms with E-state index < -0.39 is 205 Å². The summed E-state index contributed by atoms with van der Waals surface area (Å²) < 4.78 is 613. The van der Waals surface area contributed by atoms with Gasteiger partial charge in [-0.15, -0.1) is 0 Å². The van der Waals surface area contributed by atoms with Crippen molar-refractivity contribution in [2.75, 3.05) is 49.2 Å². The highest BCUT2D eigenvalue weighted by Crippen LogP contribution is 2.69. The Kier molecular flexibility index (Phi) is 22.6. The molecule has 0 N–H and O–H groups in total. The summed E-state index contributed by atoms with van der Waals surface area (Å²) in [5.41, 5.74) is 0.655. The molecule has 0 saturated carbocycles. The van der Waals surface area contributed by atoms with Gasteiger partial charge in [-0.3, -0.25) is 0 Å². The minimum absolute atomic E-state index is 0.288. The molecule has 1 saturated heterocycles. The van der Waals surface area contributed by atoms with Crippen molar-refractivity contribution in [1.29, 1.82) is 0 Å². The maximum Gasteiger partial charge on any atom is 0.460 e. The first-order chi connectivity index (χ1) is 56.4. The number of hydrogen-bond acceptors (Lipinski definition) is 10. The fourth-order valence-electron chi connectivity index (χ4n) is 12.3. The first kappa shape index (κ1) is 93.8. The Morgan fingerprint density at radius 1 is 0.226 bits per heavy atom. The van der Waals surface area contributed by atoms with E-state index in [0.717, 1.165) is 34.1 Å². The van der Waals surface area contributed by atoms with Crippen LogP contribution in [-0.4, -0.2) is 188 Å². The van der Waals surface area contributed by atoms with Crippen LogP contribution in [0.1, 0.15) is 0 Å². The topological polar surface area (TPSA) is 102 Å². The molecule has 8 aromatic carbocycles. The van der Waals surface area contributed by atoms with Crippen LogP contribution in [-0.2, 0) is 0 Å². The summed E-state index contributed by atoms with van der Waals surface area (Å²) in [6, 6.07) is 35.5. The maximum absolute atomic E-state index is 15.6. The van der Waals surface area contributed by atoms with E-state index in [9.17, 15) is 132 Å². The molecule has 10 aromatic rings. The van der Waals surface area contributed by atoms with E-state index in [4.69, 9.17) is 0 Å². The lowest BCUT2D eigenvalue weighted by Gasteiger charge is -2.44. The summed E-state index contributed by atoms with van der Waals surface area (Å²) in [6.07, 6.45) is -16.5. The third kappa shape index (κ3) is 14.1. The summed E-state index contributed by atoms with van der Waals surface area (Å²) in [7, 11) is 0. The first-order valence-corrected chi connectivity index (χ1v) is 33.6. The van der Waals surface area contributed by atoms with E-state index in [2.05, 4.69) is 39.4 Å². The van der Waals surface area contributed by atoms with Crippen LogP contribution in [0.5, 0.6) is 12.0 Å². The number of halogens is 42. The minimum Gasteiger partial charge on any atom is -0.457 e. The number of piperazine rings is 1. The molecule has 0 amide bonds. The molecular formula is C72H38F42N8O2. The molecule has 0 aliphatic carbocycles. The van der Waals surface area contributed by atoms with E-state index >= 15 is 52.7 Å². The van der Waals surface area contributed by atoms with E-state index in [-0.39, 0.29) is 11.1 Å². The van der Waals surface area contributed by atoms with Crippen LogP contribution in [0, 0.1) is 0 Å². The summed E-state index contributed by atoms with van der Waals surface area (Å²) in [5.74, 6) is -166. The van der Waals surface area contributed by atoms with Crippen LogP contribution in [0.15, 0.2) is 158 Å². The highest BCUT2D eigenvalue weighted by atomic mass is 19.5. The normalized spacial score (nSPS) is 15.4. The zero-order valence-electron chi connectivity index (χ0n) is 59.5. The number of ether oxygens (including phenoxy) is 2. The van der Waals surface area contributed by atoms with Gasteiger partial charge >= 0.3 is 131 Å². The Bertz CT molecular complexity index is 5320. The zero-order valence-corrected chi connectivity index (χ0v) is 59.5. The van der Waals surface area contributed by atoms with E-state index in [0.29, 0.717) is 54.2 Å². The number of hydrogen-bond donors (Lipinski definition) is 0. The second kappa shape index (κ2) is 29.9. The lowest BCUT2D eigenvalue weighted by Crippen LogP contribution is -2.77. The number of anilines is 2. The molecule has 672 valence electrons. The average Bonchev–Trinajstić information content (AvgIpc) is 0.688. The van der Waals surface area contributed by atoms with Gasteiger partial charge in [0.2, 0.25) is 11.9 Å². The molecule has 0 spiro atoms. The largest absolute Gasteiger partial charge is 0.460 e. The molecule has 2 aromatic heterocycles. The third-order valence-corrected chi connectivity index (χ3v) is 19.4. The molecule has 3 heterocycles. The fraction of sp³-hybridized carbons (Fsp3) is 0.361. The molecule has 0 bridgehead atoms. The van der Waals surface area contributed by atoms with E-state index in [1.54, 1.807) is 109 Å². The van der Waals surface area contributed by atoms with Crippen molar-refractivity contribution < 1.29 is 194 Å². The second-order valence-corrected chi connectivity index (χ2v) is 27.2. The number of rotatable bonds is 28. The van der Waals surface area contributed by atoms with Crippen molar-refractivity contribution in [3.63, 3.8) is 0 Å². The van der Waals surface area contributed by atoms with Crippen LogP contribution < -0.4 is 19.3 Å². The van der Waals surface area contributed by atoms with Crippen LogP contribution in [0.3, 0.4) is 0 Å². The highest BCUT2D eigenvalue weighted by molar-refractivity contribution is 6.15. The van der Waals surface area contributed by atoms with Crippen LogP contribution in [0.25, 0.3) is 88.1 Å².